The first-order chi connectivity index (χ1) is 14.6. The molecule has 0 aliphatic carbocycles. The monoisotopic (exact) mass is 443 g/mol. The van der Waals surface area contributed by atoms with Crippen LogP contribution < -0.4 is 0 Å². The number of hydrogen-bond acceptors (Lipinski definition) is 6. The van der Waals surface area contributed by atoms with E-state index in [1.165, 1.54) is 11.8 Å². The number of carbonyl (C=O) groups is 3. The Hall–Kier alpha value is -3.39. The number of carbonyl (C=O) groups excluding carboxylic acids is 3. The minimum atomic E-state index is -0.698. The lowest BCUT2D eigenvalue weighted by Crippen LogP contribution is -2.15. The topological polar surface area (TPSA) is 92.4 Å². The first kappa shape index (κ1) is 22.3. The van der Waals surface area contributed by atoms with Crippen molar-refractivity contribution >= 4 is 29.3 Å². The minimum Gasteiger partial charge on any atom is -0.465 e. The van der Waals surface area contributed by atoms with E-state index in [1.54, 1.807) is 51.2 Å². The summed E-state index contributed by atoms with van der Waals surface area (Å²) in [6.45, 7) is 4.89. The second kappa shape index (κ2) is 8.77. The van der Waals surface area contributed by atoms with Crippen molar-refractivity contribution in [2.24, 2.45) is 7.05 Å². The number of ketones is 1. The summed E-state index contributed by atoms with van der Waals surface area (Å²) in [5.41, 5.74) is 3.75. The highest BCUT2D eigenvalue weighted by Crippen LogP contribution is 2.23. The molecular weight excluding hydrogens is 422 g/mol. The van der Waals surface area contributed by atoms with Crippen LogP contribution in [0.4, 0.5) is 0 Å². The van der Waals surface area contributed by atoms with Crippen LogP contribution in [0.5, 0.6) is 0 Å². The third kappa shape index (κ3) is 4.25. The van der Waals surface area contributed by atoms with Crippen LogP contribution in [0, 0.1) is 20.8 Å². The fraction of sp³-hybridized carbons (Fsp3) is 0.273. The maximum atomic E-state index is 12.7. The molecule has 2 aromatic heterocycles. The average molecular weight is 444 g/mol. The molecule has 162 valence electrons. The summed E-state index contributed by atoms with van der Waals surface area (Å²) in [5, 5.41) is 4.22. The molecule has 1 aromatic carbocycles. The maximum absolute atomic E-state index is 12.7. The zero-order valence-corrected chi connectivity index (χ0v) is 18.6. The smallest absolute Gasteiger partial charge is 0.343 e. The molecule has 3 rings (SSSR count). The highest BCUT2D eigenvalue weighted by Gasteiger charge is 2.23. The molecule has 0 saturated heterocycles. The highest BCUT2D eigenvalue weighted by molar-refractivity contribution is 6.32. The van der Waals surface area contributed by atoms with E-state index >= 15 is 0 Å². The number of ether oxygens (including phenoxy) is 2. The number of hydrogen-bond donors (Lipinski definition) is 0. The van der Waals surface area contributed by atoms with E-state index in [1.807, 2.05) is 11.5 Å². The predicted octanol–water partition coefficient (Wildman–Crippen LogP) is 3.62. The number of halogens is 1. The van der Waals surface area contributed by atoms with Crippen LogP contribution in [-0.2, 0) is 16.5 Å². The molecule has 3 aromatic rings. The Morgan fingerprint density at radius 3 is 2.26 bits per heavy atom. The fourth-order valence-corrected chi connectivity index (χ4v) is 3.70. The third-order valence-electron chi connectivity index (χ3n) is 4.97. The number of aryl methyl sites for hydroxylation is 3. The van der Waals surface area contributed by atoms with E-state index in [4.69, 9.17) is 21.1 Å². The van der Waals surface area contributed by atoms with Crippen LogP contribution >= 0.6 is 11.6 Å². The van der Waals surface area contributed by atoms with Gasteiger partial charge in [0.1, 0.15) is 10.7 Å². The maximum Gasteiger partial charge on any atom is 0.343 e. The fourth-order valence-electron chi connectivity index (χ4n) is 3.45. The van der Waals surface area contributed by atoms with E-state index in [9.17, 15) is 14.4 Å². The van der Waals surface area contributed by atoms with Gasteiger partial charge in [-0.25, -0.2) is 9.59 Å². The number of methoxy groups -OCH3 is 1. The van der Waals surface area contributed by atoms with E-state index < -0.39 is 18.5 Å². The minimum absolute atomic E-state index is 0.146. The van der Waals surface area contributed by atoms with Crippen molar-refractivity contribution in [3.8, 4) is 5.69 Å². The zero-order chi connectivity index (χ0) is 22.9. The zero-order valence-electron chi connectivity index (χ0n) is 17.9. The van der Waals surface area contributed by atoms with Gasteiger partial charge in [-0.05, 0) is 51.1 Å². The first-order valence-electron chi connectivity index (χ1n) is 9.42. The highest BCUT2D eigenvalue weighted by atomic mass is 35.5. The summed E-state index contributed by atoms with van der Waals surface area (Å²) in [6.07, 6.45) is 0. The van der Waals surface area contributed by atoms with Crippen LogP contribution in [-0.4, -0.2) is 45.8 Å². The Balaban J connectivity index is 1.79. The molecule has 0 atom stereocenters. The van der Waals surface area contributed by atoms with Crippen molar-refractivity contribution in [2.45, 2.75) is 20.8 Å². The lowest BCUT2D eigenvalue weighted by atomic mass is 10.1. The normalized spacial score (nSPS) is 10.8. The van der Waals surface area contributed by atoms with Crippen molar-refractivity contribution in [3.63, 3.8) is 0 Å². The van der Waals surface area contributed by atoms with Gasteiger partial charge in [0.25, 0.3) is 0 Å². The molecule has 0 saturated carbocycles. The molecule has 0 aliphatic rings. The Kier molecular flexibility index (Phi) is 6.31. The molecule has 0 fully saturated rings. The molecule has 0 unspecified atom stereocenters. The summed E-state index contributed by atoms with van der Waals surface area (Å²) in [4.78, 5) is 36.8. The van der Waals surface area contributed by atoms with E-state index in [2.05, 4.69) is 5.10 Å². The number of nitrogens with zero attached hydrogens (tertiary/aromatic N) is 3. The van der Waals surface area contributed by atoms with Crippen molar-refractivity contribution in [1.29, 1.82) is 0 Å². The summed E-state index contributed by atoms with van der Waals surface area (Å²) in [6, 6.07) is 8.59. The van der Waals surface area contributed by atoms with Crippen molar-refractivity contribution in [3.05, 3.63) is 69.3 Å². The van der Waals surface area contributed by atoms with Crippen LogP contribution in [0.25, 0.3) is 5.69 Å². The van der Waals surface area contributed by atoms with Gasteiger partial charge in [-0.2, -0.15) is 5.10 Å². The summed E-state index contributed by atoms with van der Waals surface area (Å²) < 4.78 is 13.2. The number of aromatic nitrogens is 3. The van der Waals surface area contributed by atoms with Gasteiger partial charge in [0, 0.05) is 29.7 Å². The molecule has 0 radical (unpaired) electrons. The molecule has 8 nitrogen and oxygen atoms in total. The molecule has 0 amide bonds. The molecule has 0 spiro atoms. The van der Waals surface area contributed by atoms with Crippen LogP contribution in [0.1, 0.15) is 48.2 Å². The molecule has 0 bridgehead atoms. The standard InChI is InChI=1S/C22H22ClN3O5/c1-12-10-17(14(3)26(12)16-8-6-15(7-9-16)21(28)30-5)18(27)11-31-22(29)19-13(2)24-25(4)20(19)23/h6-10H,11H2,1-5H3. The number of rotatable bonds is 6. The summed E-state index contributed by atoms with van der Waals surface area (Å²) in [5.74, 6) is -1.46. The lowest BCUT2D eigenvalue weighted by molar-refractivity contribution is 0.0473. The lowest BCUT2D eigenvalue weighted by Gasteiger charge is -2.10. The Morgan fingerprint density at radius 2 is 1.71 bits per heavy atom. The second-order valence-electron chi connectivity index (χ2n) is 7.03. The number of Topliss-reactive ketones (excluding diaryl/α,β-unsaturated/α-hetero) is 1. The van der Waals surface area contributed by atoms with Gasteiger partial charge in [-0.3, -0.25) is 9.48 Å². The first-order valence-corrected chi connectivity index (χ1v) is 9.80. The molecule has 2 heterocycles. The van der Waals surface area contributed by atoms with E-state index in [0.717, 1.165) is 11.4 Å². The Bertz CT molecular complexity index is 1170. The quantitative estimate of drug-likeness (QED) is 0.427. The van der Waals surface area contributed by atoms with Gasteiger partial charge in [0.15, 0.2) is 6.61 Å². The second-order valence-corrected chi connectivity index (χ2v) is 7.39. The Morgan fingerprint density at radius 1 is 1.06 bits per heavy atom. The van der Waals surface area contributed by atoms with Gasteiger partial charge < -0.3 is 14.0 Å². The molecule has 9 heteroatoms. The average Bonchev–Trinajstić information content (AvgIpc) is 3.19. The molecule has 0 N–H and O–H groups in total. The number of benzene rings is 1. The molecule has 31 heavy (non-hydrogen) atoms. The van der Waals surface area contributed by atoms with Crippen LogP contribution in [0.3, 0.4) is 0 Å². The number of esters is 2. The Labute approximate surface area is 184 Å². The summed E-state index contributed by atoms with van der Waals surface area (Å²) in [7, 11) is 2.94. The van der Waals surface area contributed by atoms with E-state index in [-0.39, 0.29) is 16.5 Å². The SMILES string of the molecule is COC(=O)c1ccc(-n2c(C)cc(C(=O)COC(=O)c3c(C)nn(C)c3Cl)c2C)cc1. The van der Waals surface area contributed by atoms with Crippen molar-refractivity contribution < 1.29 is 23.9 Å². The molecule has 0 aliphatic heterocycles. The van der Waals surface area contributed by atoms with Crippen molar-refractivity contribution in [2.75, 3.05) is 13.7 Å². The van der Waals surface area contributed by atoms with E-state index in [0.29, 0.717) is 22.5 Å². The van der Waals surface area contributed by atoms with Gasteiger partial charge in [-0.15, -0.1) is 0 Å². The van der Waals surface area contributed by atoms with Crippen LogP contribution in [0.15, 0.2) is 30.3 Å². The van der Waals surface area contributed by atoms with Gasteiger partial charge in [-0.1, -0.05) is 11.6 Å². The largest absolute Gasteiger partial charge is 0.465 e. The van der Waals surface area contributed by atoms with Gasteiger partial charge in [0.2, 0.25) is 5.78 Å². The van der Waals surface area contributed by atoms with Crippen molar-refractivity contribution in [1.82, 2.24) is 14.3 Å². The molecular formula is C22H22ClN3O5. The van der Waals surface area contributed by atoms with Gasteiger partial charge >= 0.3 is 11.9 Å². The summed E-state index contributed by atoms with van der Waals surface area (Å²) >= 11 is 6.08. The van der Waals surface area contributed by atoms with Gasteiger partial charge in [0.05, 0.1) is 18.4 Å². The third-order valence-corrected chi connectivity index (χ3v) is 5.40. The van der Waals surface area contributed by atoms with Crippen LogP contribution in [0.2, 0.25) is 5.15 Å². The predicted molar refractivity (Wildman–Crippen MR) is 114 cm³/mol.